The molecule has 0 fully saturated rings. The molecule has 1 aromatic carbocycles. The van der Waals surface area contributed by atoms with Crippen molar-refractivity contribution in [2.24, 2.45) is 5.84 Å². The number of nitrogens with one attached hydrogen (secondary N) is 1. The number of aromatic nitrogens is 2. The lowest BCUT2D eigenvalue weighted by atomic mass is 10.1. The van der Waals surface area contributed by atoms with E-state index in [-0.39, 0.29) is 12.0 Å². The molecular weight excluding hydrogens is 280 g/mol. The lowest BCUT2D eigenvalue weighted by molar-refractivity contribution is 0.0953. The second-order valence-corrected chi connectivity index (χ2v) is 5.14. The average Bonchev–Trinajstić information content (AvgIpc) is 2.51. The fraction of sp³-hybridized carbons (Fsp3) is 0.312. The Balaban J connectivity index is 2.19. The first-order valence-corrected chi connectivity index (χ1v) is 7.01. The van der Waals surface area contributed by atoms with Crippen molar-refractivity contribution < 1.29 is 9.53 Å². The molecule has 1 aromatic heterocycles. The number of carbonyl (C=O) groups excluding carboxylic acids is 1. The summed E-state index contributed by atoms with van der Waals surface area (Å²) in [6, 6.07) is 7.10. The first-order valence-electron chi connectivity index (χ1n) is 7.01. The zero-order chi connectivity index (χ0) is 16.3. The van der Waals surface area contributed by atoms with Gasteiger partial charge in [-0.1, -0.05) is 12.1 Å². The molecule has 22 heavy (non-hydrogen) atoms. The Hall–Kier alpha value is -2.47. The van der Waals surface area contributed by atoms with Crippen LogP contribution in [-0.2, 0) is 0 Å². The van der Waals surface area contributed by atoms with Gasteiger partial charge in [-0.05, 0) is 45.4 Å². The Kier molecular flexibility index (Phi) is 4.72. The molecule has 0 aliphatic heterocycles. The summed E-state index contributed by atoms with van der Waals surface area (Å²) >= 11 is 0. The van der Waals surface area contributed by atoms with Gasteiger partial charge in [-0.15, -0.1) is 0 Å². The monoisotopic (exact) mass is 300 g/mol. The van der Waals surface area contributed by atoms with Crippen LogP contribution in [0.15, 0.2) is 24.3 Å². The van der Waals surface area contributed by atoms with E-state index in [1.54, 1.807) is 12.1 Å². The maximum absolute atomic E-state index is 11.4. The molecule has 3 N–H and O–H groups in total. The van der Waals surface area contributed by atoms with Crippen LogP contribution >= 0.6 is 0 Å². The van der Waals surface area contributed by atoms with E-state index in [2.05, 4.69) is 15.4 Å². The molecule has 1 atom stereocenters. The predicted molar refractivity (Wildman–Crippen MR) is 83.4 cm³/mol. The van der Waals surface area contributed by atoms with E-state index in [1.807, 2.05) is 39.8 Å². The molecule has 0 aliphatic carbocycles. The third-order valence-corrected chi connectivity index (χ3v) is 3.52. The number of carbonyl (C=O) groups is 1. The number of nitrogen functional groups attached to an aromatic ring is 1. The van der Waals surface area contributed by atoms with Crippen LogP contribution in [0.4, 0.5) is 0 Å². The van der Waals surface area contributed by atoms with Gasteiger partial charge in [0.25, 0.3) is 5.91 Å². The minimum atomic E-state index is -0.321. The van der Waals surface area contributed by atoms with E-state index in [4.69, 9.17) is 10.6 Å². The summed E-state index contributed by atoms with van der Waals surface area (Å²) in [5.41, 5.74) is 5.39. The third-order valence-electron chi connectivity index (χ3n) is 3.52. The van der Waals surface area contributed by atoms with E-state index in [9.17, 15) is 4.79 Å². The Morgan fingerprint density at radius 1 is 1.18 bits per heavy atom. The standard InChI is InChI=1S/C16H20N4O2/c1-9-10(2)18-12(4)19-16(9)22-11(3)13-5-7-14(8-6-13)15(21)20-17/h5-8,11H,17H2,1-4H3,(H,20,21)/t11-/m0/s1. The van der Waals surface area contributed by atoms with Gasteiger partial charge in [0.2, 0.25) is 5.88 Å². The van der Waals surface area contributed by atoms with Crippen LogP contribution in [0.2, 0.25) is 0 Å². The van der Waals surface area contributed by atoms with Gasteiger partial charge in [0.15, 0.2) is 0 Å². The molecule has 0 saturated carbocycles. The fourth-order valence-corrected chi connectivity index (χ4v) is 2.08. The van der Waals surface area contributed by atoms with Gasteiger partial charge in [-0.3, -0.25) is 10.2 Å². The van der Waals surface area contributed by atoms with Gasteiger partial charge >= 0.3 is 0 Å². The molecule has 6 heteroatoms. The molecule has 0 spiro atoms. The van der Waals surface area contributed by atoms with Gasteiger partial charge in [0, 0.05) is 16.8 Å². The van der Waals surface area contributed by atoms with Crippen LogP contribution in [0.1, 0.15) is 46.0 Å². The second kappa shape index (κ2) is 6.53. The molecule has 0 bridgehead atoms. The van der Waals surface area contributed by atoms with Crippen molar-refractivity contribution in [1.82, 2.24) is 15.4 Å². The van der Waals surface area contributed by atoms with E-state index in [0.717, 1.165) is 16.8 Å². The van der Waals surface area contributed by atoms with E-state index < -0.39 is 0 Å². The molecule has 1 heterocycles. The van der Waals surface area contributed by atoms with E-state index in [0.29, 0.717) is 17.3 Å². The Bertz CT molecular complexity index is 683. The van der Waals surface area contributed by atoms with Crippen molar-refractivity contribution in [1.29, 1.82) is 0 Å². The molecule has 2 aromatic rings. The fourth-order valence-electron chi connectivity index (χ4n) is 2.08. The molecule has 0 radical (unpaired) electrons. The predicted octanol–water partition coefficient (Wildman–Crippen LogP) is 2.15. The number of nitrogens with zero attached hydrogens (tertiary/aromatic N) is 2. The lowest BCUT2D eigenvalue weighted by Gasteiger charge is -2.17. The van der Waals surface area contributed by atoms with Crippen LogP contribution in [0.25, 0.3) is 0 Å². The summed E-state index contributed by atoms with van der Waals surface area (Å²) in [4.78, 5) is 20.1. The highest BCUT2D eigenvalue weighted by Gasteiger charge is 2.13. The summed E-state index contributed by atoms with van der Waals surface area (Å²) in [5.74, 6) is 6.05. The number of nitrogens with two attached hydrogens (primary N) is 1. The first kappa shape index (κ1) is 15.9. The zero-order valence-electron chi connectivity index (χ0n) is 13.2. The second-order valence-electron chi connectivity index (χ2n) is 5.14. The molecule has 2 rings (SSSR count). The minimum Gasteiger partial charge on any atom is -0.469 e. The Morgan fingerprint density at radius 2 is 1.82 bits per heavy atom. The summed E-state index contributed by atoms with van der Waals surface area (Å²) < 4.78 is 5.94. The molecule has 0 unspecified atom stereocenters. The van der Waals surface area contributed by atoms with Crippen molar-refractivity contribution in [3.63, 3.8) is 0 Å². The van der Waals surface area contributed by atoms with Crippen molar-refractivity contribution >= 4 is 5.91 Å². The van der Waals surface area contributed by atoms with Crippen molar-refractivity contribution in [3.05, 3.63) is 52.5 Å². The van der Waals surface area contributed by atoms with Gasteiger partial charge in [-0.2, -0.15) is 4.98 Å². The quantitative estimate of drug-likeness (QED) is 0.513. The number of hydrogen-bond donors (Lipinski definition) is 2. The summed E-state index contributed by atoms with van der Waals surface area (Å²) in [6.07, 6.45) is -0.192. The summed E-state index contributed by atoms with van der Waals surface area (Å²) in [7, 11) is 0. The summed E-state index contributed by atoms with van der Waals surface area (Å²) in [5, 5.41) is 0. The molecule has 0 aliphatic rings. The number of aryl methyl sites for hydroxylation is 2. The first-order chi connectivity index (χ1) is 10.4. The van der Waals surface area contributed by atoms with Crippen molar-refractivity contribution in [3.8, 4) is 5.88 Å². The smallest absolute Gasteiger partial charge is 0.265 e. The summed E-state index contributed by atoms with van der Waals surface area (Å²) in [6.45, 7) is 7.64. The SMILES string of the molecule is Cc1nc(C)c(C)c(O[C@@H](C)c2ccc(C(=O)NN)cc2)n1. The molecule has 6 nitrogen and oxygen atoms in total. The van der Waals surface area contributed by atoms with Crippen molar-refractivity contribution in [2.45, 2.75) is 33.8 Å². The minimum absolute atomic E-state index is 0.192. The largest absolute Gasteiger partial charge is 0.469 e. The number of ether oxygens (including phenoxy) is 1. The van der Waals surface area contributed by atoms with Crippen LogP contribution in [0.3, 0.4) is 0 Å². The number of benzene rings is 1. The third kappa shape index (κ3) is 3.40. The Morgan fingerprint density at radius 3 is 2.41 bits per heavy atom. The van der Waals surface area contributed by atoms with E-state index in [1.165, 1.54) is 0 Å². The molecule has 1 amide bonds. The normalized spacial score (nSPS) is 11.9. The Labute approximate surface area is 129 Å². The van der Waals surface area contributed by atoms with Crippen LogP contribution in [0, 0.1) is 20.8 Å². The average molecular weight is 300 g/mol. The highest BCUT2D eigenvalue weighted by atomic mass is 16.5. The zero-order valence-corrected chi connectivity index (χ0v) is 13.2. The highest BCUT2D eigenvalue weighted by molar-refractivity contribution is 5.93. The lowest BCUT2D eigenvalue weighted by Crippen LogP contribution is -2.29. The number of hydrazine groups is 1. The number of amides is 1. The van der Waals surface area contributed by atoms with Crippen molar-refractivity contribution in [2.75, 3.05) is 0 Å². The van der Waals surface area contributed by atoms with Gasteiger partial charge in [-0.25, -0.2) is 10.8 Å². The maximum atomic E-state index is 11.4. The molecule has 0 saturated heterocycles. The van der Waals surface area contributed by atoms with Gasteiger partial charge < -0.3 is 4.74 Å². The van der Waals surface area contributed by atoms with Crippen LogP contribution in [0.5, 0.6) is 5.88 Å². The molecule has 116 valence electrons. The van der Waals surface area contributed by atoms with E-state index >= 15 is 0 Å². The number of hydrogen-bond acceptors (Lipinski definition) is 5. The van der Waals surface area contributed by atoms with Crippen LogP contribution < -0.4 is 16.0 Å². The van der Waals surface area contributed by atoms with Crippen LogP contribution in [-0.4, -0.2) is 15.9 Å². The highest BCUT2D eigenvalue weighted by Crippen LogP contribution is 2.24. The van der Waals surface area contributed by atoms with Gasteiger partial charge in [0.1, 0.15) is 11.9 Å². The maximum Gasteiger partial charge on any atom is 0.265 e. The topological polar surface area (TPSA) is 90.1 Å². The van der Waals surface area contributed by atoms with Gasteiger partial charge in [0.05, 0.1) is 0 Å². The molecular formula is C16H20N4O2. The number of rotatable bonds is 4.